The van der Waals surface area contributed by atoms with E-state index in [1.54, 1.807) is 0 Å². The van der Waals surface area contributed by atoms with E-state index in [9.17, 15) is 5.11 Å². The molecule has 1 N–H and O–H groups in total. The van der Waals surface area contributed by atoms with Gasteiger partial charge in [0, 0.05) is 19.1 Å². The highest BCUT2D eigenvalue weighted by Crippen LogP contribution is 2.37. The van der Waals surface area contributed by atoms with Crippen molar-refractivity contribution < 1.29 is 5.11 Å². The Morgan fingerprint density at radius 3 is 2.16 bits per heavy atom. The zero-order chi connectivity index (χ0) is 17.4. The Labute approximate surface area is 150 Å². The van der Waals surface area contributed by atoms with Gasteiger partial charge in [-0.3, -0.25) is 4.90 Å². The van der Waals surface area contributed by atoms with Crippen molar-refractivity contribution in [1.29, 1.82) is 0 Å². The molecule has 2 aromatic carbocycles. The van der Waals surface area contributed by atoms with Gasteiger partial charge in [0.2, 0.25) is 0 Å². The third-order valence-electron chi connectivity index (χ3n) is 6.18. The molecule has 132 valence electrons. The number of hydrogen-bond acceptors (Lipinski definition) is 3. The molecule has 1 heterocycles. The highest BCUT2D eigenvalue weighted by molar-refractivity contribution is 5.34. The van der Waals surface area contributed by atoms with Crippen LogP contribution in [0.2, 0.25) is 0 Å². The Balaban J connectivity index is 1.55. The van der Waals surface area contributed by atoms with Gasteiger partial charge in [0.05, 0.1) is 6.04 Å². The molecule has 1 fully saturated rings. The fourth-order valence-corrected chi connectivity index (χ4v) is 4.72. The monoisotopic (exact) mass is 336 g/mol. The van der Waals surface area contributed by atoms with Gasteiger partial charge in [0.1, 0.15) is 5.60 Å². The number of fused-ring (bicyclic) bond motifs is 1. The zero-order valence-corrected chi connectivity index (χ0v) is 15.2. The van der Waals surface area contributed by atoms with Crippen LogP contribution in [-0.2, 0) is 18.4 Å². The zero-order valence-electron chi connectivity index (χ0n) is 15.2. The first-order valence-corrected chi connectivity index (χ1v) is 9.33. The third kappa shape index (κ3) is 3.01. The van der Waals surface area contributed by atoms with Gasteiger partial charge in [0.15, 0.2) is 0 Å². The molecule has 0 saturated carbocycles. The number of hydrogen-bond donors (Lipinski definition) is 1. The standard InChI is InChI=1S/C22H28N2O/c1-23(2)21-16-24(20-14-17-8-6-7-9-18(17)15-20)13-12-22(21,25)19-10-4-3-5-11-19/h3-11,20-21,25H,12-16H2,1-2H3/t21-,22+/m1/s1. The molecular weight excluding hydrogens is 308 g/mol. The van der Waals surface area contributed by atoms with E-state index in [0.717, 1.165) is 37.9 Å². The van der Waals surface area contributed by atoms with Crippen LogP contribution in [0.3, 0.4) is 0 Å². The SMILES string of the molecule is CN(C)[C@@H]1CN(C2Cc3ccccc3C2)CC[C@]1(O)c1ccccc1. The molecule has 25 heavy (non-hydrogen) atoms. The molecule has 0 amide bonds. The normalized spacial score (nSPS) is 27.6. The van der Waals surface area contributed by atoms with Crippen molar-refractivity contribution in [3.8, 4) is 0 Å². The number of aliphatic hydroxyl groups is 1. The molecule has 0 bridgehead atoms. The first kappa shape index (κ1) is 16.8. The minimum Gasteiger partial charge on any atom is -0.383 e. The molecule has 0 spiro atoms. The lowest BCUT2D eigenvalue weighted by Crippen LogP contribution is -2.60. The predicted octanol–water partition coefficient (Wildman–Crippen LogP) is 2.68. The number of benzene rings is 2. The fourth-order valence-electron chi connectivity index (χ4n) is 4.72. The van der Waals surface area contributed by atoms with E-state index < -0.39 is 5.60 Å². The maximum Gasteiger partial charge on any atom is 0.107 e. The average molecular weight is 336 g/mol. The lowest BCUT2D eigenvalue weighted by atomic mass is 9.79. The van der Waals surface area contributed by atoms with Crippen LogP contribution >= 0.6 is 0 Å². The molecule has 2 aliphatic rings. The second-order valence-electron chi connectivity index (χ2n) is 7.85. The first-order valence-electron chi connectivity index (χ1n) is 9.33. The summed E-state index contributed by atoms with van der Waals surface area (Å²) in [4.78, 5) is 4.79. The van der Waals surface area contributed by atoms with E-state index in [1.165, 1.54) is 11.1 Å². The summed E-state index contributed by atoms with van der Waals surface area (Å²) in [5, 5.41) is 11.5. The minimum absolute atomic E-state index is 0.104. The van der Waals surface area contributed by atoms with Crippen molar-refractivity contribution in [2.45, 2.75) is 36.9 Å². The smallest absolute Gasteiger partial charge is 0.107 e. The lowest BCUT2D eigenvalue weighted by molar-refractivity contribution is -0.0944. The number of nitrogens with zero attached hydrogens (tertiary/aromatic N) is 2. The van der Waals surface area contributed by atoms with Gasteiger partial charge in [-0.05, 0) is 50.0 Å². The van der Waals surface area contributed by atoms with E-state index in [4.69, 9.17) is 0 Å². The van der Waals surface area contributed by atoms with Crippen LogP contribution in [0.1, 0.15) is 23.1 Å². The van der Waals surface area contributed by atoms with Crippen molar-refractivity contribution in [3.63, 3.8) is 0 Å². The summed E-state index contributed by atoms with van der Waals surface area (Å²) < 4.78 is 0. The number of rotatable bonds is 3. The molecule has 1 aliphatic carbocycles. The average Bonchev–Trinajstić information content (AvgIpc) is 3.06. The van der Waals surface area contributed by atoms with Gasteiger partial charge in [-0.25, -0.2) is 0 Å². The molecule has 0 unspecified atom stereocenters. The van der Waals surface area contributed by atoms with Crippen LogP contribution in [-0.4, -0.2) is 54.2 Å². The number of likely N-dealkylation sites (N-methyl/N-ethyl adjacent to an activating group) is 1. The van der Waals surface area contributed by atoms with Gasteiger partial charge in [0.25, 0.3) is 0 Å². The molecule has 2 aromatic rings. The molecule has 0 radical (unpaired) electrons. The summed E-state index contributed by atoms with van der Waals surface area (Å²) in [5.41, 5.74) is 3.27. The maximum absolute atomic E-state index is 11.5. The highest BCUT2D eigenvalue weighted by Gasteiger charge is 2.45. The molecular formula is C22H28N2O. The van der Waals surface area contributed by atoms with Crippen LogP contribution < -0.4 is 0 Å². The summed E-state index contributed by atoms with van der Waals surface area (Å²) in [6, 6.07) is 19.7. The van der Waals surface area contributed by atoms with Crippen molar-refractivity contribution in [2.75, 3.05) is 27.2 Å². The van der Waals surface area contributed by atoms with E-state index >= 15 is 0 Å². The van der Waals surface area contributed by atoms with Crippen LogP contribution in [0.15, 0.2) is 54.6 Å². The second-order valence-corrected chi connectivity index (χ2v) is 7.85. The van der Waals surface area contributed by atoms with Crippen molar-refractivity contribution in [3.05, 3.63) is 71.3 Å². The largest absolute Gasteiger partial charge is 0.383 e. The van der Waals surface area contributed by atoms with Crippen LogP contribution in [0.4, 0.5) is 0 Å². The third-order valence-corrected chi connectivity index (χ3v) is 6.18. The molecule has 4 rings (SSSR count). The van der Waals surface area contributed by atoms with E-state index in [2.05, 4.69) is 60.3 Å². The number of likely N-dealkylation sites (tertiary alicyclic amines) is 1. The molecule has 3 nitrogen and oxygen atoms in total. The van der Waals surface area contributed by atoms with Gasteiger partial charge < -0.3 is 10.0 Å². The molecule has 1 saturated heterocycles. The van der Waals surface area contributed by atoms with Gasteiger partial charge in [-0.2, -0.15) is 0 Å². The van der Waals surface area contributed by atoms with E-state index in [0.29, 0.717) is 6.04 Å². The maximum atomic E-state index is 11.5. The minimum atomic E-state index is -0.771. The molecule has 0 aromatic heterocycles. The van der Waals surface area contributed by atoms with Crippen molar-refractivity contribution in [1.82, 2.24) is 9.80 Å². The lowest BCUT2D eigenvalue weighted by Gasteiger charge is -2.49. The van der Waals surface area contributed by atoms with Crippen molar-refractivity contribution in [2.24, 2.45) is 0 Å². The van der Waals surface area contributed by atoms with Gasteiger partial charge in [-0.15, -0.1) is 0 Å². The molecule has 2 atom stereocenters. The molecule has 3 heteroatoms. The summed E-state index contributed by atoms with van der Waals surface area (Å²) in [5.74, 6) is 0. The van der Waals surface area contributed by atoms with Crippen molar-refractivity contribution >= 4 is 0 Å². The molecule has 1 aliphatic heterocycles. The predicted molar refractivity (Wildman–Crippen MR) is 102 cm³/mol. The Kier molecular flexibility index (Phi) is 4.40. The highest BCUT2D eigenvalue weighted by atomic mass is 16.3. The van der Waals surface area contributed by atoms with Crippen LogP contribution in [0.25, 0.3) is 0 Å². The second kappa shape index (κ2) is 6.56. The Hall–Kier alpha value is -1.68. The van der Waals surface area contributed by atoms with E-state index in [-0.39, 0.29) is 6.04 Å². The Morgan fingerprint density at radius 1 is 0.960 bits per heavy atom. The fraction of sp³-hybridized carbons (Fsp3) is 0.455. The number of piperidine rings is 1. The summed E-state index contributed by atoms with van der Waals surface area (Å²) in [6.45, 7) is 1.87. The quantitative estimate of drug-likeness (QED) is 0.933. The Morgan fingerprint density at radius 2 is 1.56 bits per heavy atom. The van der Waals surface area contributed by atoms with Crippen LogP contribution in [0, 0.1) is 0 Å². The summed E-state index contributed by atoms with van der Waals surface area (Å²) in [6.07, 6.45) is 3.06. The van der Waals surface area contributed by atoms with Gasteiger partial charge in [-0.1, -0.05) is 54.6 Å². The van der Waals surface area contributed by atoms with Gasteiger partial charge >= 0.3 is 0 Å². The summed E-state index contributed by atoms with van der Waals surface area (Å²) in [7, 11) is 4.18. The first-order chi connectivity index (χ1) is 12.1. The Bertz CT molecular complexity index is 705. The topological polar surface area (TPSA) is 26.7 Å². The van der Waals surface area contributed by atoms with E-state index in [1.807, 2.05) is 18.2 Å². The van der Waals surface area contributed by atoms with Crippen LogP contribution in [0.5, 0.6) is 0 Å². The summed E-state index contributed by atoms with van der Waals surface area (Å²) >= 11 is 0.